The van der Waals surface area contributed by atoms with Crippen molar-refractivity contribution in [1.29, 1.82) is 5.26 Å². The Morgan fingerprint density at radius 3 is 2.38 bits per heavy atom. The van der Waals surface area contributed by atoms with Crippen molar-refractivity contribution in [3.05, 3.63) is 30.1 Å². The van der Waals surface area contributed by atoms with Crippen LogP contribution < -0.4 is 0 Å². The van der Waals surface area contributed by atoms with Crippen LogP contribution in [0.4, 0.5) is 4.39 Å². The van der Waals surface area contributed by atoms with Crippen molar-refractivity contribution in [2.75, 3.05) is 0 Å². The number of hydrogen-bond acceptors (Lipinski definition) is 3. The van der Waals surface area contributed by atoms with Gasteiger partial charge in [0.15, 0.2) is 14.6 Å². The van der Waals surface area contributed by atoms with Gasteiger partial charge in [-0.05, 0) is 31.4 Å². The van der Waals surface area contributed by atoms with E-state index in [0.29, 0.717) is 19.3 Å². The fourth-order valence-corrected chi connectivity index (χ4v) is 3.76. The Kier molecular flexibility index (Phi) is 2.47. The first-order chi connectivity index (χ1) is 7.53. The van der Waals surface area contributed by atoms with E-state index in [1.807, 2.05) is 6.07 Å². The Hall–Kier alpha value is -1.41. The molecule has 0 aromatic heterocycles. The molecule has 1 aromatic carbocycles. The van der Waals surface area contributed by atoms with Crippen molar-refractivity contribution >= 4 is 9.84 Å². The Morgan fingerprint density at radius 2 is 1.94 bits per heavy atom. The quantitative estimate of drug-likeness (QED) is 0.793. The average Bonchev–Trinajstić information content (AvgIpc) is 2.16. The maximum absolute atomic E-state index is 13.4. The second kappa shape index (κ2) is 3.56. The van der Waals surface area contributed by atoms with E-state index in [0.717, 1.165) is 6.07 Å². The van der Waals surface area contributed by atoms with Gasteiger partial charge >= 0.3 is 0 Å². The summed E-state index contributed by atoms with van der Waals surface area (Å²) in [5.41, 5.74) is 0. The molecule has 0 heterocycles. The molecular formula is C11H10FNO2S. The largest absolute Gasteiger partial charge is 0.222 e. The first-order valence-corrected chi connectivity index (χ1v) is 6.42. The summed E-state index contributed by atoms with van der Waals surface area (Å²) in [6.07, 6.45) is 1.28. The van der Waals surface area contributed by atoms with Gasteiger partial charge in [0, 0.05) is 0 Å². The number of nitriles is 1. The topological polar surface area (TPSA) is 57.9 Å². The van der Waals surface area contributed by atoms with Crippen LogP contribution in [0, 0.1) is 17.1 Å². The zero-order valence-electron chi connectivity index (χ0n) is 8.48. The van der Waals surface area contributed by atoms with E-state index in [9.17, 15) is 12.8 Å². The van der Waals surface area contributed by atoms with Crippen LogP contribution in [0.1, 0.15) is 19.3 Å². The summed E-state index contributed by atoms with van der Waals surface area (Å²) < 4.78 is 36.3. The summed E-state index contributed by atoms with van der Waals surface area (Å²) in [7, 11) is -3.88. The van der Waals surface area contributed by atoms with Crippen LogP contribution in [-0.2, 0) is 9.84 Å². The van der Waals surface area contributed by atoms with Gasteiger partial charge in [-0.25, -0.2) is 12.8 Å². The normalized spacial score (nSPS) is 18.5. The van der Waals surface area contributed by atoms with Crippen molar-refractivity contribution in [1.82, 2.24) is 0 Å². The molecule has 3 nitrogen and oxygen atoms in total. The third-order valence-corrected chi connectivity index (χ3v) is 5.44. The van der Waals surface area contributed by atoms with E-state index in [1.54, 1.807) is 0 Å². The van der Waals surface area contributed by atoms with Crippen LogP contribution in [0.15, 0.2) is 29.2 Å². The molecule has 0 aliphatic heterocycles. The SMILES string of the molecule is N#CC1(S(=O)(=O)c2ccccc2F)CCC1. The highest BCUT2D eigenvalue weighted by Crippen LogP contribution is 2.42. The minimum atomic E-state index is -3.88. The van der Waals surface area contributed by atoms with Crippen LogP contribution in [0.25, 0.3) is 0 Å². The average molecular weight is 239 g/mol. The molecule has 1 saturated carbocycles. The van der Waals surface area contributed by atoms with Gasteiger partial charge < -0.3 is 0 Å². The lowest BCUT2D eigenvalue weighted by Gasteiger charge is -2.34. The molecule has 0 N–H and O–H groups in total. The van der Waals surface area contributed by atoms with E-state index in [-0.39, 0.29) is 4.90 Å². The van der Waals surface area contributed by atoms with Gasteiger partial charge in [0.1, 0.15) is 10.7 Å². The molecule has 1 aliphatic rings. The number of nitrogens with zero attached hydrogens (tertiary/aromatic N) is 1. The van der Waals surface area contributed by atoms with Crippen molar-refractivity contribution in [3.63, 3.8) is 0 Å². The monoisotopic (exact) mass is 239 g/mol. The first-order valence-electron chi connectivity index (χ1n) is 4.94. The number of hydrogen-bond donors (Lipinski definition) is 0. The summed E-state index contributed by atoms with van der Waals surface area (Å²) in [5.74, 6) is -0.788. The standard InChI is InChI=1S/C11H10FNO2S/c12-9-4-1-2-5-10(9)16(14,15)11(8-13)6-3-7-11/h1-2,4-5H,3,6-7H2. The molecule has 2 rings (SSSR count). The Morgan fingerprint density at radius 1 is 1.31 bits per heavy atom. The molecule has 0 spiro atoms. The molecular weight excluding hydrogens is 229 g/mol. The van der Waals surface area contributed by atoms with Crippen LogP contribution in [0.5, 0.6) is 0 Å². The summed E-state index contributed by atoms with van der Waals surface area (Å²) in [4.78, 5) is -0.365. The molecule has 5 heteroatoms. The summed E-state index contributed by atoms with van der Waals surface area (Å²) in [6, 6.07) is 7.01. The molecule has 0 unspecified atom stereocenters. The third kappa shape index (κ3) is 1.34. The number of sulfone groups is 1. The molecule has 0 saturated heterocycles. The van der Waals surface area contributed by atoms with Gasteiger partial charge in [-0.1, -0.05) is 12.1 Å². The fraction of sp³-hybridized carbons (Fsp3) is 0.364. The smallest absolute Gasteiger partial charge is 0.200 e. The van der Waals surface area contributed by atoms with Gasteiger partial charge in [-0.3, -0.25) is 0 Å². The lowest BCUT2D eigenvalue weighted by molar-refractivity contribution is 0.404. The van der Waals surface area contributed by atoms with Crippen molar-refractivity contribution in [3.8, 4) is 6.07 Å². The Balaban J connectivity index is 2.57. The molecule has 0 atom stereocenters. The summed E-state index contributed by atoms with van der Waals surface area (Å²) in [5, 5.41) is 8.97. The number of rotatable bonds is 2. The van der Waals surface area contributed by atoms with Crippen molar-refractivity contribution < 1.29 is 12.8 Å². The van der Waals surface area contributed by atoms with E-state index >= 15 is 0 Å². The zero-order chi connectivity index (χ0) is 11.8. The predicted molar refractivity (Wildman–Crippen MR) is 55.8 cm³/mol. The number of halogens is 1. The highest BCUT2D eigenvalue weighted by Gasteiger charge is 2.51. The molecule has 84 valence electrons. The lowest BCUT2D eigenvalue weighted by Crippen LogP contribution is -2.44. The van der Waals surface area contributed by atoms with Gasteiger partial charge in [-0.2, -0.15) is 5.26 Å². The Labute approximate surface area is 93.4 Å². The highest BCUT2D eigenvalue weighted by molar-refractivity contribution is 7.93. The minimum Gasteiger partial charge on any atom is -0.222 e. The van der Waals surface area contributed by atoms with Crippen molar-refractivity contribution in [2.45, 2.75) is 28.9 Å². The van der Waals surface area contributed by atoms with Gasteiger partial charge in [0.2, 0.25) is 0 Å². The molecule has 1 fully saturated rings. The van der Waals surface area contributed by atoms with Gasteiger partial charge in [0.25, 0.3) is 0 Å². The van der Waals surface area contributed by atoms with Crippen molar-refractivity contribution in [2.24, 2.45) is 0 Å². The second-order valence-corrected chi connectivity index (χ2v) is 6.12. The van der Waals surface area contributed by atoms with Gasteiger partial charge in [-0.15, -0.1) is 0 Å². The van der Waals surface area contributed by atoms with Crippen LogP contribution in [-0.4, -0.2) is 13.2 Å². The minimum absolute atomic E-state index is 0.292. The van der Waals surface area contributed by atoms with Crippen LogP contribution in [0.2, 0.25) is 0 Å². The summed E-state index contributed by atoms with van der Waals surface area (Å²) in [6.45, 7) is 0. The predicted octanol–water partition coefficient (Wildman–Crippen LogP) is 2.05. The van der Waals surface area contributed by atoms with E-state index in [1.165, 1.54) is 18.2 Å². The van der Waals surface area contributed by atoms with E-state index < -0.39 is 20.4 Å². The summed E-state index contributed by atoms with van der Waals surface area (Å²) >= 11 is 0. The molecule has 0 bridgehead atoms. The first kappa shape index (κ1) is 11.1. The lowest BCUT2D eigenvalue weighted by atomic mass is 9.86. The molecule has 0 amide bonds. The molecule has 1 aromatic rings. The molecule has 16 heavy (non-hydrogen) atoms. The van der Waals surface area contributed by atoms with E-state index in [4.69, 9.17) is 5.26 Å². The van der Waals surface area contributed by atoms with E-state index in [2.05, 4.69) is 0 Å². The zero-order valence-corrected chi connectivity index (χ0v) is 9.30. The highest BCUT2D eigenvalue weighted by atomic mass is 32.2. The maximum atomic E-state index is 13.4. The second-order valence-electron chi connectivity index (χ2n) is 3.89. The van der Waals surface area contributed by atoms with Gasteiger partial charge in [0.05, 0.1) is 6.07 Å². The third-order valence-electron chi connectivity index (χ3n) is 3.01. The maximum Gasteiger partial charge on any atom is 0.200 e. The Bertz CT molecular complexity index is 556. The number of benzene rings is 1. The molecule has 1 aliphatic carbocycles. The van der Waals surface area contributed by atoms with Crippen LogP contribution >= 0.6 is 0 Å². The van der Waals surface area contributed by atoms with Crippen LogP contribution in [0.3, 0.4) is 0 Å². The molecule has 0 radical (unpaired) electrons. The fourth-order valence-electron chi connectivity index (χ4n) is 1.81.